The summed E-state index contributed by atoms with van der Waals surface area (Å²) < 4.78 is 0. The average molecular weight is 400 g/mol. The second-order valence-corrected chi connectivity index (χ2v) is 8.01. The Balaban J connectivity index is 1.54. The predicted molar refractivity (Wildman–Crippen MR) is 108 cm³/mol. The van der Waals surface area contributed by atoms with Gasteiger partial charge in [0, 0.05) is 5.69 Å². The van der Waals surface area contributed by atoms with Crippen LogP contribution in [-0.4, -0.2) is 47.3 Å². The van der Waals surface area contributed by atoms with Crippen molar-refractivity contribution < 1.29 is 19.2 Å². The molecule has 8 heteroatoms. The lowest BCUT2D eigenvalue weighted by atomic mass is 9.73. The summed E-state index contributed by atoms with van der Waals surface area (Å²) in [5.74, 6) is -1.24. The van der Waals surface area contributed by atoms with Crippen LogP contribution in [0.15, 0.2) is 18.2 Å². The molecule has 2 aliphatic rings. The third-order valence-electron chi connectivity index (χ3n) is 6.13. The van der Waals surface area contributed by atoms with E-state index in [2.05, 4.69) is 16.0 Å². The first-order valence-corrected chi connectivity index (χ1v) is 10.0. The first-order chi connectivity index (χ1) is 13.7. The number of nitrogens with zero attached hydrogens (tertiary/aromatic N) is 1. The molecule has 3 N–H and O–H groups in total. The van der Waals surface area contributed by atoms with Gasteiger partial charge >= 0.3 is 6.03 Å². The van der Waals surface area contributed by atoms with Crippen molar-refractivity contribution in [1.29, 1.82) is 0 Å². The zero-order valence-electron chi connectivity index (χ0n) is 17.1. The molecule has 1 aromatic rings. The van der Waals surface area contributed by atoms with Crippen LogP contribution >= 0.6 is 0 Å². The van der Waals surface area contributed by atoms with E-state index in [1.54, 1.807) is 6.07 Å². The van der Waals surface area contributed by atoms with Crippen molar-refractivity contribution in [3.05, 3.63) is 29.3 Å². The molecule has 8 nitrogen and oxygen atoms in total. The molecule has 5 amide bonds. The lowest BCUT2D eigenvalue weighted by molar-refractivity contribution is -0.137. The SMILES string of the molecule is Cc1cccc(NC(=O)CNC(=O)CN2C(=O)N[C@@]3(CCCC[C@@H]3C)C2=O)c1C. The molecule has 0 unspecified atom stereocenters. The Hall–Kier alpha value is -2.90. The minimum atomic E-state index is -0.893. The number of imide groups is 1. The highest BCUT2D eigenvalue weighted by Gasteiger charge is 2.55. The molecule has 1 spiro atoms. The molecule has 0 aromatic heterocycles. The third-order valence-corrected chi connectivity index (χ3v) is 6.13. The second kappa shape index (κ2) is 8.23. The Bertz CT molecular complexity index is 853. The van der Waals surface area contributed by atoms with Gasteiger partial charge in [-0.2, -0.15) is 0 Å². The number of nitrogens with one attached hydrogen (secondary N) is 3. The van der Waals surface area contributed by atoms with Gasteiger partial charge in [0.25, 0.3) is 5.91 Å². The summed E-state index contributed by atoms with van der Waals surface area (Å²) in [7, 11) is 0. The van der Waals surface area contributed by atoms with Gasteiger partial charge in [0.15, 0.2) is 0 Å². The van der Waals surface area contributed by atoms with Gasteiger partial charge in [0.05, 0.1) is 6.54 Å². The lowest BCUT2D eigenvalue weighted by Crippen LogP contribution is -2.54. The zero-order chi connectivity index (χ0) is 21.2. The fourth-order valence-electron chi connectivity index (χ4n) is 4.10. The first kappa shape index (κ1) is 20.8. The fraction of sp³-hybridized carbons (Fsp3) is 0.524. The number of carbonyl (C=O) groups excluding carboxylic acids is 4. The molecule has 156 valence electrons. The standard InChI is InChI=1S/C21H28N4O4/c1-13-7-6-9-16(15(13)3)23-17(26)11-22-18(27)12-25-19(28)21(24-20(25)29)10-5-4-8-14(21)2/h6-7,9,14H,4-5,8,10-12H2,1-3H3,(H,22,27)(H,23,26)(H,24,29)/t14-,21+/m0/s1. The van der Waals surface area contributed by atoms with E-state index in [1.165, 1.54) is 0 Å². The van der Waals surface area contributed by atoms with Gasteiger partial charge in [-0.05, 0) is 49.8 Å². The average Bonchev–Trinajstić information content (AvgIpc) is 2.91. The molecule has 0 bridgehead atoms. The molecule has 2 fully saturated rings. The summed E-state index contributed by atoms with van der Waals surface area (Å²) in [4.78, 5) is 50.6. The van der Waals surface area contributed by atoms with Crippen LogP contribution in [0.1, 0.15) is 43.7 Å². The number of amides is 5. The number of benzene rings is 1. The minimum absolute atomic E-state index is 0.0316. The number of hydrogen-bond acceptors (Lipinski definition) is 4. The molecule has 1 saturated heterocycles. The van der Waals surface area contributed by atoms with E-state index in [0.717, 1.165) is 35.3 Å². The topological polar surface area (TPSA) is 108 Å². The molecule has 29 heavy (non-hydrogen) atoms. The maximum atomic E-state index is 12.9. The zero-order valence-corrected chi connectivity index (χ0v) is 17.1. The van der Waals surface area contributed by atoms with Gasteiger partial charge < -0.3 is 16.0 Å². The highest BCUT2D eigenvalue weighted by molar-refractivity contribution is 6.09. The second-order valence-electron chi connectivity index (χ2n) is 8.01. The van der Waals surface area contributed by atoms with Crippen molar-refractivity contribution >= 4 is 29.4 Å². The summed E-state index contributed by atoms with van der Waals surface area (Å²) in [5.41, 5.74) is 1.80. The largest absolute Gasteiger partial charge is 0.345 e. The van der Waals surface area contributed by atoms with E-state index in [4.69, 9.17) is 0 Å². The van der Waals surface area contributed by atoms with E-state index in [0.29, 0.717) is 12.1 Å². The van der Waals surface area contributed by atoms with Crippen molar-refractivity contribution in [2.24, 2.45) is 5.92 Å². The summed E-state index contributed by atoms with van der Waals surface area (Å²) in [6, 6.07) is 5.04. The van der Waals surface area contributed by atoms with E-state index in [1.807, 2.05) is 32.9 Å². The van der Waals surface area contributed by atoms with Gasteiger partial charge in [-0.15, -0.1) is 0 Å². The number of anilines is 1. The molecular formula is C21H28N4O4. The Morgan fingerprint density at radius 3 is 2.69 bits per heavy atom. The van der Waals surface area contributed by atoms with Crippen LogP contribution in [0.4, 0.5) is 10.5 Å². The van der Waals surface area contributed by atoms with Crippen LogP contribution in [0.2, 0.25) is 0 Å². The lowest BCUT2D eigenvalue weighted by Gasteiger charge is -2.36. The predicted octanol–water partition coefficient (Wildman–Crippen LogP) is 1.86. The first-order valence-electron chi connectivity index (χ1n) is 10.0. The van der Waals surface area contributed by atoms with Gasteiger partial charge in [-0.25, -0.2) is 4.79 Å². The van der Waals surface area contributed by atoms with Crippen LogP contribution in [-0.2, 0) is 14.4 Å². The van der Waals surface area contributed by atoms with Gasteiger partial charge in [0.1, 0.15) is 12.1 Å². The number of aryl methyl sites for hydroxylation is 1. The fourth-order valence-corrected chi connectivity index (χ4v) is 4.10. The van der Waals surface area contributed by atoms with Crippen molar-refractivity contribution in [1.82, 2.24) is 15.5 Å². The smallest absolute Gasteiger partial charge is 0.325 e. The Morgan fingerprint density at radius 2 is 1.97 bits per heavy atom. The highest BCUT2D eigenvalue weighted by Crippen LogP contribution is 2.38. The monoisotopic (exact) mass is 400 g/mol. The van der Waals surface area contributed by atoms with Crippen LogP contribution in [0.25, 0.3) is 0 Å². The normalized spacial score (nSPS) is 23.8. The van der Waals surface area contributed by atoms with Crippen molar-refractivity contribution in [3.63, 3.8) is 0 Å². The Labute approximate surface area is 170 Å². The summed E-state index contributed by atoms with van der Waals surface area (Å²) >= 11 is 0. The van der Waals surface area contributed by atoms with E-state index >= 15 is 0 Å². The number of hydrogen-bond donors (Lipinski definition) is 3. The van der Waals surface area contributed by atoms with Gasteiger partial charge in [-0.3, -0.25) is 19.3 Å². The molecule has 0 radical (unpaired) electrons. The Kier molecular flexibility index (Phi) is 5.91. The molecule has 1 aromatic carbocycles. The maximum absolute atomic E-state index is 12.9. The van der Waals surface area contributed by atoms with E-state index < -0.39 is 24.0 Å². The number of urea groups is 1. The van der Waals surface area contributed by atoms with Gasteiger partial charge in [-0.1, -0.05) is 31.9 Å². The maximum Gasteiger partial charge on any atom is 0.325 e. The van der Waals surface area contributed by atoms with E-state index in [-0.39, 0.29) is 24.3 Å². The van der Waals surface area contributed by atoms with E-state index in [9.17, 15) is 19.2 Å². The number of rotatable bonds is 5. The quantitative estimate of drug-likeness (QED) is 0.656. The van der Waals surface area contributed by atoms with Crippen molar-refractivity contribution in [2.75, 3.05) is 18.4 Å². The summed E-state index contributed by atoms with van der Waals surface area (Å²) in [5, 5.41) is 8.05. The van der Waals surface area contributed by atoms with Crippen LogP contribution in [0.5, 0.6) is 0 Å². The van der Waals surface area contributed by atoms with Crippen LogP contribution < -0.4 is 16.0 Å². The Morgan fingerprint density at radius 1 is 1.21 bits per heavy atom. The van der Waals surface area contributed by atoms with Crippen LogP contribution in [0, 0.1) is 19.8 Å². The number of carbonyl (C=O) groups is 4. The highest BCUT2D eigenvalue weighted by atomic mass is 16.2. The molecule has 3 rings (SSSR count). The third kappa shape index (κ3) is 4.11. The molecular weight excluding hydrogens is 372 g/mol. The molecule has 1 saturated carbocycles. The summed E-state index contributed by atoms with van der Waals surface area (Å²) in [6.45, 7) is 5.18. The summed E-state index contributed by atoms with van der Waals surface area (Å²) in [6.07, 6.45) is 3.36. The molecule has 1 aliphatic carbocycles. The molecule has 1 heterocycles. The van der Waals surface area contributed by atoms with Gasteiger partial charge in [0.2, 0.25) is 11.8 Å². The van der Waals surface area contributed by atoms with Crippen molar-refractivity contribution in [2.45, 2.75) is 52.0 Å². The molecule has 1 aliphatic heterocycles. The minimum Gasteiger partial charge on any atom is -0.345 e. The van der Waals surface area contributed by atoms with Crippen LogP contribution in [0.3, 0.4) is 0 Å². The molecule has 2 atom stereocenters. The van der Waals surface area contributed by atoms with Crippen molar-refractivity contribution in [3.8, 4) is 0 Å².